The van der Waals surface area contributed by atoms with Crippen LogP contribution in [0.5, 0.6) is 0 Å². The molecule has 174 valence electrons. The predicted octanol–water partition coefficient (Wildman–Crippen LogP) is 2.97. The van der Waals surface area contributed by atoms with E-state index in [9.17, 15) is 14.7 Å². The molecule has 2 amide bonds. The van der Waals surface area contributed by atoms with Crippen molar-refractivity contribution in [3.63, 3.8) is 0 Å². The first-order chi connectivity index (χ1) is 14.9. The molecule has 0 radical (unpaired) electrons. The van der Waals surface area contributed by atoms with E-state index in [2.05, 4.69) is 4.98 Å². The van der Waals surface area contributed by atoms with Crippen molar-refractivity contribution in [1.29, 1.82) is 0 Å². The lowest BCUT2D eigenvalue weighted by atomic mass is 9.86. The van der Waals surface area contributed by atoms with E-state index in [1.54, 1.807) is 23.3 Å². The predicted molar refractivity (Wildman–Crippen MR) is 127 cm³/mol. The van der Waals surface area contributed by atoms with Crippen LogP contribution in [0, 0.1) is 12.3 Å². The molecule has 2 heterocycles. The summed E-state index contributed by atoms with van der Waals surface area (Å²) in [6.07, 6.45) is -0.507. The van der Waals surface area contributed by atoms with Gasteiger partial charge in [0.2, 0.25) is 11.8 Å². The van der Waals surface area contributed by atoms with Gasteiger partial charge in [0, 0.05) is 20.0 Å². The molecule has 1 fully saturated rings. The average Bonchev–Trinajstić information content (AvgIpc) is 3.36. The number of hydrogen-bond acceptors (Lipinski definition) is 6. The molecular weight excluding hydrogens is 424 g/mol. The Hall–Kier alpha value is -2.29. The Morgan fingerprint density at radius 2 is 1.91 bits per heavy atom. The van der Waals surface area contributed by atoms with Crippen LogP contribution in [0.1, 0.15) is 51.4 Å². The maximum atomic E-state index is 13.4. The highest BCUT2D eigenvalue weighted by molar-refractivity contribution is 7.13. The van der Waals surface area contributed by atoms with Crippen LogP contribution in [-0.2, 0) is 9.59 Å². The molecule has 1 aromatic carbocycles. The first kappa shape index (κ1) is 24.4. The number of amides is 2. The van der Waals surface area contributed by atoms with Crippen LogP contribution in [0.25, 0.3) is 10.4 Å². The van der Waals surface area contributed by atoms with Gasteiger partial charge in [-0.25, -0.2) is 4.98 Å². The summed E-state index contributed by atoms with van der Waals surface area (Å²) in [5, 5.41) is 10.2. The summed E-state index contributed by atoms with van der Waals surface area (Å²) in [6.45, 7) is 9.76. The molecule has 1 aromatic heterocycles. The number of likely N-dealkylation sites (N-methyl/N-ethyl adjacent to an activating group) is 1. The Kier molecular flexibility index (Phi) is 7.07. The van der Waals surface area contributed by atoms with Gasteiger partial charge in [-0.05, 0) is 30.4 Å². The van der Waals surface area contributed by atoms with Crippen molar-refractivity contribution >= 4 is 23.2 Å². The van der Waals surface area contributed by atoms with Crippen LogP contribution in [0.3, 0.4) is 0 Å². The number of β-amino-alcohol motifs (C(OH)–C–C–N with tert-alkyl or cyclic N) is 1. The Bertz CT molecular complexity index is 966. The van der Waals surface area contributed by atoms with Gasteiger partial charge in [0.05, 0.1) is 34.3 Å². The molecular formula is C24H34N4O3S. The number of aromatic nitrogens is 1. The molecule has 4 atom stereocenters. The molecule has 2 aromatic rings. The van der Waals surface area contributed by atoms with Crippen molar-refractivity contribution in [3.05, 3.63) is 41.0 Å². The standard InChI is InChI=1S/C24H34N4O3S/c1-14-20(32-13-26-14)17-9-7-16(8-10-17)15(2)27(6)22(30)19-11-18(29)12-28(19)23(31)21(25)24(3,4)5/h7-10,13,15,18-19,21,29H,11-12,25H2,1-6H3/t15-,18+,19-,21+/m0/s1. The van der Waals surface area contributed by atoms with Gasteiger partial charge in [-0.1, -0.05) is 45.0 Å². The first-order valence-corrected chi connectivity index (χ1v) is 11.8. The van der Waals surface area contributed by atoms with Crippen LogP contribution >= 0.6 is 11.3 Å². The number of thiazole rings is 1. The number of carbonyl (C=O) groups excluding carboxylic acids is 2. The molecule has 0 unspecified atom stereocenters. The van der Waals surface area contributed by atoms with Gasteiger partial charge in [-0.15, -0.1) is 11.3 Å². The molecule has 7 nitrogen and oxygen atoms in total. The van der Waals surface area contributed by atoms with E-state index < -0.39 is 23.6 Å². The Labute approximate surface area is 194 Å². The summed E-state index contributed by atoms with van der Waals surface area (Å²) in [7, 11) is 1.74. The summed E-state index contributed by atoms with van der Waals surface area (Å²) in [6, 6.07) is 6.48. The largest absolute Gasteiger partial charge is 0.391 e. The fraction of sp³-hybridized carbons (Fsp3) is 0.542. The number of aryl methyl sites for hydroxylation is 1. The van der Waals surface area contributed by atoms with E-state index in [1.807, 2.05) is 64.4 Å². The van der Waals surface area contributed by atoms with Crippen LogP contribution in [0.15, 0.2) is 29.8 Å². The summed E-state index contributed by atoms with van der Waals surface area (Å²) in [4.78, 5) is 34.9. The van der Waals surface area contributed by atoms with Gasteiger partial charge in [0.15, 0.2) is 0 Å². The molecule has 8 heteroatoms. The molecule has 3 N–H and O–H groups in total. The van der Waals surface area contributed by atoms with Gasteiger partial charge >= 0.3 is 0 Å². The average molecular weight is 459 g/mol. The van der Waals surface area contributed by atoms with Crippen molar-refractivity contribution in [2.45, 2.75) is 65.3 Å². The van der Waals surface area contributed by atoms with Gasteiger partial charge < -0.3 is 20.6 Å². The highest BCUT2D eigenvalue weighted by Gasteiger charge is 2.44. The Morgan fingerprint density at radius 3 is 2.44 bits per heavy atom. The fourth-order valence-electron chi connectivity index (χ4n) is 3.98. The number of aliphatic hydroxyl groups is 1. The van der Waals surface area contributed by atoms with Crippen LogP contribution < -0.4 is 5.73 Å². The van der Waals surface area contributed by atoms with E-state index in [0.29, 0.717) is 0 Å². The van der Waals surface area contributed by atoms with Gasteiger partial charge in [-0.2, -0.15) is 0 Å². The number of benzene rings is 1. The van der Waals surface area contributed by atoms with Crippen molar-refractivity contribution in [3.8, 4) is 10.4 Å². The number of nitrogens with zero attached hydrogens (tertiary/aromatic N) is 3. The number of hydrogen-bond donors (Lipinski definition) is 2. The summed E-state index contributed by atoms with van der Waals surface area (Å²) in [5.74, 6) is -0.483. The van der Waals surface area contributed by atoms with Crippen LogP contribution in [0.4, 0.5) is 0 Å². The lowest BCUT2D eigenvalue weighted by Gasteiger charge is -2.35. The number of rotatable bonds is 5. The van der Waals surface area contributed by atoms with Gasteiger partial charge in [0.1, 0.15) is 6.04 Å². The number of carbonyl (C=O) groups is 2. The van der Waals surface area contributed by atoms with E-state index in [-0.39, 0.29) is 30.8 Å². The third-order valence-corrected chi connectivity index (χ3v) is 7.35. The third kappa shape index (κ3) is 4.87. The molecule has 1 aliphatic heterocycles. The monoisotopic (exact) mass is 458 g/mol. The highest BCUT2D eigenvalue weighted by Crippen LogP contribution is 2.31. The van der Waals surface area contributed by atoms with Crippen molar-refractivity contribution in [1.82, 2.24) is 14.8 Å². The van der Waals surface area contributed by atoms with Gasteiger partial charge in [0.25, 0.3) is 0 Å². The second kappa shape index (κ2) is 9.29. The number of nitrogens with two attached hydrogens (primary N) is 1. The normalized spacial score (nSPS) is 20.8. The van der Waals surface area contributed by atoms with E-state index in [0.717, 1.165) is 21.7 Å². The molecule has 0 spiro atoms. The first-order valence-electron chi connectivity index (χ1n) is 10.9. The molecule has 1 saturated heterocycles. The minimum atomic E-state index is -0.742. The van der Waals surface area contributed by atoms with E-state index in [1.165, 1.54) is 4.90 Å². The van der Waals surface area contributed by atoms with Crippen LogP contribution in [0.2, 0.25) is 0 Å². The maximum Gasteiger partial charge on any atom is 0.245 e. The quantitative estimate of drug-likeness (QED) is 0.718. The maximum absolute atomic E-state index is 13.4. The zero-order chi connectivity index (χ0) is 23.8. The summed E-state index contributed by atoms with van der Waals surface area (Å²) < 4.78 is 0. The fourth-order valence-corrected chi connectivity index (χ4v) is 4.79. The zero-order valence-electron chi connectivity index (χ0n) is 19.7. The zero-order valence-corrected chi connectivity index (χ0v) is 20.5. The minimum Gasteiger partial charge on any atom is -0.391 e. The van der Waals surface area contributed by atoms with Crippen molar-refractivity contribution < 1.29 is 14.7 Å². The second-order valence-corrected chi connectivity index (χ2v) is 10.6. The topological polar surface area (TPSA) is 99.8 Å². The van der Waals surface area contributed by atoms with E-state index >= 15 is 0 Å². The minimum absolute atomic E-state index is 0.129. The van der Waals surface area contributed by atoms with Crippen molar-refractivity contribution in [2.75, 3.05) is 13.6 Å². The molecule has 0 bridgehead atoms. The summed E-state index contributed by atoms with van der Waals surface area (Å²) >= 11 is 1.60. The molecule has 0 aliphatic carbocycles. The van der Waals surface area contributed by atoms with Crippen LogP contribution in [-0.4, -0.2) is 63.5 Å². The molecule has 32 heavy (non-hydrogen) atoms. The van der Waals surface area contributed by atoms with Gasteiger partial charge in [-0.3, -0.25) is 9.59 Å². The Balaban J connectivity index is 1.76. The highest BCUT2D eigenvalue weighted by atomic mass is 32.1. The van der Waals surface area contributed by atoms with E-state index in [4.69, 9.17) is 5.73 Å². The molecule has 1 aliphatic rings. The summed E-state index contributed by atoms with van der Waals surface area (Å²) in [5.41, 5.74) is 10.7. The Morgan fingerprint density at radius 1 is 1.28 bits per heavy atom. The van der Waals surface area contributed by atoms with Crippen molar-refractivity contribution in [2.24, 2.45) is 11.1 Å². The third-order valence-electron chi connectivity index (χ3n) is 6.38. The molecule has 0 saturated carbocycles. The lowest BCUT2D eigenvalue weighted by molar-refractivity contribution is -0.146. The second-order valence-electron chi connectivity index (χ2n) is 9.75. The molecule has 3 rings (SSSR count). The lowest BCUT2D eigenvalue weighted by Crippen LogP contribution is -2.55. The smallest absolute Gasteiger partial charge is 0.245 e. The number of likely N-dealkylation sites (tertiary alicyclic amines) is 1. The SMILES string of the molecule is Cc1ncsc1-c1ccc([C@H](C)N(C)C(=O)[C@@H]2C[C@@H](O)CN2C(=O)[C@@H](N)C(C)(C)C)cc1. The number of aliphatic hydroxyl groups excluding tert-OH is 1.